The SMILES string of the molecule is CC1(C)Nc2ccc(F)c(c2)[C@@]2(C)N=C(NC(=O)O1)C(C)(C)S1(=O)=N[C@]21CCN. The summed E-state index contributed by atoms with van der Waals surface area (Å²) in [5.41, 5.74) is 4.24. The van der Waals surface area contributed by atoms with Crippen LogP contribution in [0.3, 0.4) is 0 Å². The number of alkyl carbamates (subject to hydrolysis) is 1. The quantitative estimate of drug-likeness (QED) is 0.676. The summed E-state index contributed by atoms with van der Waals surface area (Å²) in [5, 5.41) is 5.73. The van der Waals surface area contributed by atoms with Gasteiger partial charge in [0, 0.05) is 17.7 Å². The van der Waals surface area contributed by atoms with E-state index in [9.17, 15) is 9.00 Å². The van der Waals surface area contributed by atoms with Crippen LogP contribution in [-0.4, -0.2) is 38.0 Å². The van der Waals surface area contributed by atoms with Gasteiger partial charge in [0.15, 0.2) is 10.6 Å². The number of amidine groups is 1. The van der Waals surface area contributed by atoms with Crippen LogP contribution in [0.25, 0.3) is 0 Å². The molecule has 0 saturated heterocycles. The van der Waals surface area contributed by atoms with Crippen molar-refractivity contribution in [1.29, 1.82) is 0 Å². The fourth-order valence-electron chi connectivity index (χ4n) is 4.44. The van der Waals surface area contributed by atoms with Crippen LogP contribution in [0.1, 0.15) is 46.6 Å². The minimum Gasteiger partial charge on any atom is -0.423 e. The van der Waals surface area contributed by atoms with Crippen molar-refractivity contribution in [2.75, 3.05) is 11.9 Å². The van der Waals surface area contributed by atoms with Gasteiger partial charge in [0.2, 0.25) is 0 Å². The van der Waals surface area contributed by atoms with E-state index in [1.54, 1.807) is 46.8 Å². The summed E-state index contributed by atoms with van der Waals surface area (Å²) < 4.78 is 38.1. The average Bonchev–Trinajstić information content (AvgIpc) is 3.23. The molecule has 3 heterocycles. The van der Waals surface area contributed by atoms with Crippen LogP contribution in [0.5, 0.6) is 0 Å². The van der Waals surface area contributed by atoms with Gasteiger partial charge in [-0.3, -0.25) is 10.3 Å². The zero-order valence-electron chi connectivity index (χ0n) is 17.1. The molecule has 0 fully saturated rings. The summed E-state index contributed by atoms with van der Waals surface area (Å²) in [6.07, 6.45) is -0.461. The zero-order chi connectivity index (χ0) is 21.5. The molecule has 29 heavy (non-hydrogen) atoms. The number of nitrogens with one attached hydrogen (secondary N) is 2. The van der Waals surface area contributed by atoms with Crippen LogP contribution in [0.2, 0.25) is 0 Å². The van der Waals surface area contributed by atoms with Crippen LogP contribution in [0, 0.1) is 5.82 Å². The maximum absolute atomic E-state index is 15.1. The van der Waals surface area contributed by atoms with Gasteiger partial charge in [-0.05, 0) is 59.4 Å². The number of carbonyl (C=O) groups excluding carboxylic acids is 1. The van der Waals surface area contributed by atoms with Crippen LogP contribution in [0.15, 0.2) is 27.6 Å². The molecule has 4 N–H and O–H groups in total. The second-order valence-corrected chi connectivity index (χ2v) is 11.8. The molecule has 8 nitrogen and oxygen atoms in total. The molecule has 4 bridgehead atoms. The first-order valence-electron chi connectivity index (χ1n) is 9.48. The Labute approximate surface area is 169 Å². The Kier molecular flexibility index (Phi) is 3.94. The molecule has 1 unspecified atom stereocenters. The fourth-order valence-corrected chi connectivity index (χ4v) is 7.81. The topological polar surface area (TPSA) is 118 Å². The van der Waals surface area contributed by atoms with Crippen LogP contribution >= 0.6 is 0 Å². The molecule has 3 aliphatic rings. The van der Waals surface area contributed by atoms with E-state index < -0.39 is 42.5 Å². The molecule has 10 heteroatoms. The largest absolute Gasteiger partial charge is 0.423 e. The molecule has 0 spiro atoms. The predicted octanol–water partition coefficient (Wildman–Crippen LogP) is 2.65. The van der Waals surface area contributed by atoms with Gasteiger partial charge in [-0.25, -0.2) is 17.8 Å². The van der Waals surface area contributed by atoms with Gasteiger partial charge >= 0.3 is 6.09 Å². The lowest BCUT2D eigenvalue weighted by molar-refractivity contribution is 0.0625. The van der Waals surface area contributed by atoms with Crippen molar-refractivity contribution in [3.63, 3.8) is 0 Å². The van der Waals surface area contributed by atoms with Gasteiger partial charge in [-0.1, -0.05) is 0 Å². The molecule has 4 rings (SSSR count). The van der Waals surface area contributed by atoms with E-state index in [-0.39, 0.29) is 24.4 Å². The number of nitrogens with two attached hydrogens (primary N) is 1. The first kappa shape index (κ1) is 20.1. The lowest BCUT2D eigenvalue weighted by Crippen LogP contribution is -2.60. The van der Waals surface area contributed by atoms with Gasteiger partial charge in [0.05, 0.1) is 9.73 Å². The Morgan fingerprint density at radius 1 is 1.24 bits per heavy atom. The Hall–Kier alpha value is -2.20. The van der Waals surface area contributed by atoms with E-state index in [0.29, 0.717) is 5.69 Å². The third-order valence-electron chi connectivity index (χ3n) is 6.05. The third kappa shape index (κ3) is 2.48. The van der Waals surface area contributed by atoms with E-state index in [1.165, 1.54) is 6.07 Å². The van der Waals surface area contributed by atoms with Crippen LogP contribution in [-0.2, 0) is 20.0 Å². The Bertz CT molecular complexity index is 1080. The molecule has 3 aliphatic heterocycles. The van der Waals surface area contributed by atoms with E-state index in [2.05, 4.69) is 15.0 Å². The summed E-state index contributed by atoms with van der Waals surface area (Å²) in [4.78, 5) is 16.2. The number of hydrogen-bond donors (Lipinski definition) is 3. The second-order valence-electron chi connectivity index (χ2n) is 8.83. The van der Waals surface area contributed by atoms with Crippen LogP contribution < -0.4 is 16.4 Å². The number of benzene rings is 1. The molecular formula is C19H26FN5O3S. The minimum atomic E-state index is -2.91. The summed E-state index contributed by atoms with van der Waals surface area (Å²) in [6.45, 7) is 8.71. The molecule has 0 aliphatic carbocycles. The number of cyclic esters (lactones) is 1. The summed E-state index contributed by atoms with van der Waals surface area (Å²) >= 11 is 0. The molecule has 0 saturated carbocycles. The predicted molar refractivity (Wildman–Crippen MR) is 110 cm³/mol. The molecule has 3 atom stereocenters. The molecule has 0 radical (unpaired) electrons. The third-order valence-corrected chi connectivity index (χ3v) is 9.63. The highest BCUT2D eigenvalue weighted by Gasteiger charge is 2.74. The van der Waals surface area contributed by atoms with Gasteiger partial charge in [-0.2, -0.15) is 0 Å². The fraction of sp³-hybridized carbons (Fsp3) is 0.579. The van der Waals surface area contributed by atoms with E-state index in [1.807, 2.05) is 0 Å². The Morgan fingerprint density at radius 2 is 1.93 bits per heavy atom. The van der Waals surface area contributed by atoms with Crippen molar-refractivity contribution in [3.8, 4) is 0 Å². The van der Waals surface area contributed by atoms with Crippen molar-refractivity contribution in [3.05, 3.63) is 29.6 Å². The van der Waals surface area contributed by atoms with Crippen molar-refractivity contribution >= 4 is 27.3 Å². The number of fused-ring (bicyclic) bond motifs is 6. The van der Waals surface area contributed by atoms with Crippen molar-refractivity contribution in [1.82, 2.24) is 5.32 Å². The highest BCUT2D eigenvalue weighted by Crippen LogP contribution is 2.62. The average molecular weight is 424 g/mol. The van der Waals surface area contributed by atoms with E-state index in [0.717, 1.165) is 0 Å². The van der Waals surface area contributed by atoms with Gasteiger partial charge in [0.1, 0.15) is 21.9 Å². The number of ether oxygens (including phenoxy) is 1. The van der Waals surface area contributed by atoms with Crippen LogP contribution in [0.4, 0.5) is 14.9 Å². The zero-order valence-corrected chi connectivity index (χ0v) is 17.9. The smallest absolute Gasteiger partial charge is 0.414 e. The Balaban J connectivity index is 2.04. The summed E-state index contributed by atoms with van der Waals surface area (Å²) in [5.74, 6) is -0.336. The lowest BCUT2D eigenvalue weighted by atomic mass is 9.82. The Morgan fingerprint density at radius 3 is 2.59 bits per heavy atom. The number of anilines is 1. The maximum atomic E-state index is 15.1. The second kappa shape index (κ2) is 5.69. The molecule has 0 aromatic heterocycles. The van der Waals surface area contributed by atoms with Crippen molar-refractivity contribution in [2.24, 2.45) is 15.1 Å². The first-order valence-corrected chi connectivity index (χ1v) is 11.0. The maximum Gasteiger partial charge on any atom is 0.414 e. The molecule has 158 valence electrons. The number of nitrogens with zero attached hydrogens (tertiary/aromatic N) is 2. The number of aliphatic imine (C=N–C) groups is 1. The van der Waals surface area contributed by atoms with Gasteiger partial charge in [-0.15, -0.1) is 0 Å². The van der Waals surface area contributed by atoms with Gasteiger partial charge < -0.3 is 15.8 Å². The standard InChI is InChI=1S/C19H26FN5O3S/c1-16(2)14-22-15(26)28-17(3,4)23-11-6-7-13(20)12(10-11)18(5,24-14)19(8-9-21)25-29(16,19)27/h6-7,10,23H,8-9,21H2,1-5H3,(H,22,24,26)/t18-,19+,29?/m1/s1. The highest BCUT2D eigenvalue weighted by atomic mass is 32.2. The molecular weight excluding hydrogens is 397 g/mol. The highest BCUT2D eigenvalue weighted by molar-refractivity contribution is 8.02. The number of hydrogen-bond acceptors (Lipinski definition) is 7. The van der Waals surface area contributed by atoms with Gasteiger partial charge in [0.25, 0.3) is 0 Å². The number of rotatable bonds is 2. The van der Waals surface area contributed by atoms with E-state index in [4.69, 9.17) is 15.5 Å². The number of amides is 1. The number of halogens is 1. The monoisotopic (exact) mass is 423 g/mol. The normalized spacial score (nSPS) is 36.1. The molecule has 1 amide bonds. The molecule has 1 aromatic rings. The first-order chi connectivity index (χ1) is 13.3. The number of carbonyl (C=O) groups is 1. The molecule has 1 aromatic carbocycles. The van der Waals surface area contributed by atoms with E-state index >= 15 is 4.39 Å². The summed E-state index contributed by atoms with van der Waals surface area (Å²) in [6, 6.07) is 4.49. The lowest BCUT2D eigenvalue weighted by Gasteiger charge is -2.42. The summed E-state index contributed by atoms with van der Waals surface area (Å²) in [7, 11) is -2.91. The van der Waals surface area contributed by atoms with Crippen molar-refractivity contribution in [2.45, 2.75) is 61.9 Å². The minimum absolute atomic E-state index is 0.159. The van der Waals surface area contributed by atoms with Crippen molar-refractivity contribution < 1.29 is 18.1 Å².